The van der Waals surface area contributed by atoms with Crippen molar-refractivity contribution in [3.8, 4) is 0 Å². The van der Waals surface area contributed by atoms with Gasteiger partial charge in [0, 0.05) is 0 Å². The molecule has 0 saturated carbocycles. The summed E-state index contributed by atoms with van der Waals surface area (Å²) in [6.07, 6.45) is 0.524. The number of carbonyl (C=O) groups excluding carboxylic acids is 2. The summed E-state index contributed by atoms with van der Waals surface area (Å²) in [5, 5.41) is 5.83. The van der Waals surface area contributed by atoms with Crippen LogP contribution in [0.3, 0.4) is 0 Å². The first-order chi connectivity index (χ1) is 9.45. The molecule has 0 aromatic heterocycles. The van der Waals surface area contributed by atoms with E-state index in [0.29, 0.717) is 6.42 Å². The fourth-order valence-electron chi connectivity index (χ4n) is 2.17. The summed E-state index contributed by atoms with van der Waals surface area (Å²) in [5.74, 6) is 0.0174. The molecule has 0 spiro atoms. The number of likely N-dealkylation sites (N-methyl/N-ethyl adjacent to an activating group) is 1. The third-order valence-corrected chi connectivity index (χ3v) is 3.35. The number of carbonyl (C=O) groups is 2. The lowest BCUT2D eigenvalue weighted by molar-refractivity contribution is -0.128. The van der Waals surface area contributed by atoms with Crippen LogP contribution in [0.2, 0.25) is 0 Å². The van der Waals surface area contributed by atoms with Crippen molar-refractivity contribution >= 4 is 11.7 Å². The fourth-order valence-corrected chi connectivity index (χ4v) is 2.17. The molecule has 0 bridgehead atoms. The van der Waals surface area contributed by atoms with Gasteiger partial charge in [-0.2, -0.15) is 0 Å². The van der Waals surface area contributed by atoms with Gasteiger partial charge in [-0.3, -0.25) is 9.59 Å². The number of hydrogen-bond donors (Lipinski definition) is 2. The number of benzene rings is 1. The van der Waals surface area contributed by atoms with Crippen molar-refractivity contribution in [1.82, 2.24) is 10.6 Å². The first kappa shape index (κ1) is 16.4. The number of rotatable bonds is 7. The van der Waals surface area contributed by atoms with Gasteiger partial charge in [0.25, 0.3) is 0 Å². The summed E-state index contributed by atoms with van der Waals surface area (Å²) in [6.45, 7) is 5.46. The van der Waals surface area contributed by atoms with Crippen LogP contribution in [0, 0.1) is 5.92 Å². The van der Waals surface area contributed by atoms with Gasteiger partial charge in [-0.25, -0.2) is 0 Å². The lowest BCUT2D eigenvalue weighted by Gasteiger charge is -2.23. The minimum atomic E-state index is -0.473. The third kappa shape index (κ3) is 4.78. The van der Waals surface area contributed by atoms with Crippen molar-refractivity contribution in [2.24, 2.45) is 5.92 Å². The molecule has 0 saturated heterocycles. The summed E-state index contributed by atoms with van der Waals surface area (Å²) in [7, 11) is 1.75. The zero-order valence-electron chi connectivity index (χ0n) is 12.6. The maximum Gasteiger partial charge on any atom is 0.237 e. The van der Waals surface area contributed by atoms with Crippen LogP contribution in [0.25, 0.3) is 0 Å². The van der Waals surface area contributed by atoms with Crippen LogP contribution >= 0.6 is 0 Å². The summed E-state index contributed by atoms with van der Waals surface area (Å²) in [5.41, 5.74) is 1.04. The van der Waals surface area contributed by atoms with E-state index in [2.05, 4.69) is 10.6 Å². The molecule has 0 unspecified atom stereocenters. The van der Waals surface area contributed by atoms with E-state index in [9.17, 15) is 9.59 Å². The van der Waals surface area contributed by atoms with Gasteiger partial charge in [0.05, 0.1) is 12.1 Å². The van der Waals surface area contributed by atoms with E-state index in [1.165, 1.54) is 6.92 Å². The van der Waals surface area contributed by atoms with Gasteiger partial charge in [-0.15, -0.1) is 0 Å². The maximum absolute atomic E-state index is 12.2. The first-order valence-electron chi connectivity index (χ1n) is 6.97. The smallest absolute Gasteiger partial charge is 0.237 e. The Labute approximate surface area is 121 Å². The van der Waals surface area contributed by atoms with E-state index < -0.39 is 6.04 Å². The second-order valence-corrected chi connectivity index (χ2v) is 5.37. The van der Waals surface area contributed by atoms with Crippen molar-refractivity contribution in [2.45, 2.75) is 39.3 Å². The molecule has 0 aliphatic rings. The Bertz CT molecular complexity index is 443. The van der Waals surface area contributed by atoms with Gasteiger partial charge in [0.2, 0.25) is 5.91 Å². The van der Waals surface area contributed by atoms with E-state index in [1.807, 2.05) is 44.2 Å². The molecule has 1 rings (SSSR count). The SMILES string of the molecule is CN[C@H](C(=O)N[C@@H](Cc1ccccc1)C(C)=O)C(C)C. The Morgan fingerprint density at radius 3 is 2.20 bits per heavy atom. The van der Waals surface area contributed by atoms with E-state index in [1.54, 1.807) is 7.05 Å². The lowest BCUT2D eigenvalue weighted by Crippen LogP contribution is -2.51. The zero-order valence-corrected chi connectivity index (χ0v) is 12.6. The van der Waals surface area contributed by atoms with E-state index in [4.69, 9.17) is 0 Å². The molecule has 4 nitrogen and oxygen atoms in total. The fraction of sp³-hybridized carbons (Fsp3) is 0.500. The van der Waals surface area contributed by atoms with Crippen molar-refractivity contribution in [1.29, 1.82) is 0 Å². The monoisotopic (exact) mass is 276 g/mol. The highest BCUT2D eigenvalue weighted by Crippen LogP contribution is 2.06. The molecule has 110 valence electrons. The van der Waals surface area contributed by atoms with Crippen LogP contribution < -0.4 is 10.6 Å². The molecule has 0 fully saturated rings. The van der Waals surface area contributed by atoms with Crippen molar-refractivity contribution in [3.05, 3.63) is 35.9 Å². The Hall–Kier alpha value is -1.68. The first-order valence-corrected chi connectivity index (χ1v) is 6.97. The van der Waals surface area contributed by atoms with Crippen LogP contribution in [0.5, 0.6) is 0 Å². The van der Waals surface area contributed by atoms with E-state index in [-0.39, 0.29) is 23.7 Å². The molecule has 1 aromatic rings. The molecule has 0 aliphatic heterocycles. The van der Waals surface area contributed by atoms with Crippen LogP contribution in [-0.4, -0.2) is 30.8 Å². The molecule has 1 aromatic carbocycles. The molecule has 0 radical (unpaired) electrons. The number of amides is 1. The van der Waals surface area contributed by atoms with Gasteiger partial charge in [0.15, 0.2) is 5.78 Å². The number of nitrogens with one attached hydrogen (secondary N) is 2. The molecule has 0 heterocycles. The normalized spacial score (nSPS) is 13.8. The highest BCUT2D eigenvalue weighted by molar-refractivity contribution is 5.90. The van der Waals surface area contributed by atoms with Crippen LogP contribution in [0.4, 0.5) is 0 Å². The zero-order chi connectivity index (χ0) is 15.1. The molecule has 1 amide bonds. The molecule has 4 heteroatoms. The Balaban J connectivity index is 2.73. The molecule has 2 atom stereocenters. The molecule has 0 aliphatic carbocycles. The van der Waals surface area contributed by atoms with E-state index in [0.717, 1.165) is 5.56 Å². The van der Waals surface area contributed by atoms with Gasteiger partial charge < -0.3 is 10.6 Å². The van der Waals surface area contributed by atoms with Crippen LogP contribution in [-0.2, 0) is 16.0 Å². The molecular formula is C16H24N2O2. The predicted molar refractivity (Wildman–Crippen MR) is 80.4 cm³/mol. The maximum atomic E-state index is 12.2. The number of Topliss-reactive ketones (excluding diaryl/α,β-unsaturated/α-hetero) is 1. The Kier molecular flexibility index (Phi) is 6.39. The van der Waals surface area contributed by atoms with Gasteiger partial charge >= 0.3 is 0 Å². The summed E-state index contributed by atoms with van der Waals surface area (Å²) < 4.78 is 0. The largest absolute Gasteiger partial charge is 0.345 e. The van der Waals surface area contributed by atoms with E-state index >= 15 is 0 Å². The number of ketones is 1. The minimum absolute atomic E-state index is 0.0270. The molecule has 2 N–H and O–H groups in total. The topological polar surface area (TPSA) is 58.2 Å². The van der Waals surface area contributed by atoms with Crippen molar-refractivity contribution < 1.29 is 9.59 Å². The number of hydrogen-bond acceptors (Lipinski definition) is 3. The Morgan fingerprint density at radius 1 is 1.15 bits per heavy atom. The summed E-state index contributed by atoms with van der Waals surface area (Å²) in [6, 6.07) is 8.95. The second kappa shape index (κ2) is 7.80. The van der Waals surface area contributed by atoms with Crippen LogP contribution in [0.15, 0.2) is 30.3 Å². The van der Waals surface area contributed by atoms with Crippen LogP contribution in [0.1, 0.15) is 26.3 Å². The highest BCUT2D eigenvalue weighted by Gasteiger charge is 2.24. The lowest BCUT2D eigenvalue weighted by atomic mass is 10.00. The highest BCUT2D eigenvalue weighted by atomic mass is 16.2. The van der Waals surface area contributed by atoms with Gasteiger partial charge in [0.1, 0.15) is 0 Å². The molecule has 20 heavy (non-hydrogen) atoms. The average Bonchev–Trinajstić information content (AvgIpc) is 2.39. The Morgan fingerprint density at radius 2 is 1.75 bits per heavy atom. The summed E-state index contributed by atoms with van der Waals surface area (Å²) >= 11 is 0. The van der Waals surface area contributed by atoms with Gasteiger partial charge in [-0.05, 0) is 31.9 Å². The van der Waals surface area contributed by atoms with Crippen molar-refractivity contribution in [3.63, 3.8) is 0 Å². The second-order valence-electron chi connectivity index (χ2n) is 5.37. The molecular weight excluding hydrogens is 252 g/mol. The van der Waals surface area contributed by atoms with Gasteiger partial charge in [-0.1, -0.05) is 44.2 Å². The predicted octanol–water partition coefficient (Wildman–Crippen LogP) is 1.55. The third-order valence-electron chi connectivity index (χ3n) is 3.35. The minimum Gasteiger partial charge on any atom is -0.345 e. The quantitative estimate of drug-likeness (QED) is 0.794. The summed E-state index contributed by atoms with van der Waals surface area (Å²) in [4.78, 5) is 23.9. The average molecular weight is 276 g/mol. The van der Waals surface area contributed by atoms with Crippen molar-refractivity contribution in [2.75, 3.05) is 7.05 Å². The standard InChI is InChI=1S/C16H24N2O2/c1-11(2)15(17-4)16(20)18-14(12(3)19)10-13-8-6-5-7-9-13/h5-9,11,14-15,17H,10H2,1-4H3,(H,18,20)/t14-,15-/m0/s1.